The van der Waals surface area contributed by atoms with Crippen molar-refractivity contribution in [3.05, 3.63) is 24.3 Å². The first-order chi connectivity index (χ1) is 7.10. The Morgan fingerprint density at radius 2 is 1.87 bits per heavy atom. The molecule has 0 aliphatic rings. The van der Waals surface area contributed by atoms with Gasteiger partial charge in [0.2, 0.25) is 0 Å². The lowest BCUT2D eigenvalue weighted by Gasteiger charge is -2.05. The van der Waals surface area contributed by atoms with Crippen molar-refractivity contribution in [2.45, 2.75) is 18.2 Å². The quantitative estimate of drug-likeness (QED) is 0.784. The number of hydrogen-bond donors (Lipinski definition) is 0. The summed E-state index contributed by atoms with van der Waals surface area (Å²) in [5, 5.41) is 0. The van der Waals surface area contributed by atoms with E-state index in [-0.39, 0.29) is 4.66 Å². The van der Waals surface area contributed by atoms with Crippen LogP contribution in [0, 0.1) is 0 Å². The number of ether oxygens (including phenoxy) is 1. The van der Waals surface area contributed by atoms with E-state index in [0.29, 0.717) is 17.3 Å². The van der Waals surface area contributed by atoms with Crippen LogP contribution in [0.25, 0.3) is 0 Å². The van der Waals surface area contributed by atoms with Crippen molar-refractivity contribution in [1.82, 2.24) is 0 Å². The van der Waals surface area contributed by atoms with Crippen molar-refractivity contribution >= 4 is 25.8 Å². The van der Waals surface area contributed by atoms with Crippen LogP contribution in [-0.2, 0) is 9.84 Å². The van der Waals surface area contributed by atoms with Crippen LogP contribution in [0.3, 0.4) is 0 Å². The van der Waals surface area contributed by atoms with E-state index in [1.54, 1.807) is 24.3 Å². The lowest BCUT2D eigenvalue weighted by atomic mass is 10.3. The van der Waals surface area contributed by atoms with E-state index in [1.807, 2.05) is 6.92 Å². The molecule has 0 aliphatic carbocycles. The fraction of sp³-hybridized carbons (Fsp3) is 0.400. The lowest BCUT2D eigenvalue weighted by molar-refractivity contribution is 0.317. The highest BCUT2D eigenvalue weighted by molar-refractivity contribution is 9.10. The van der Waals surface area contributed by atoms with E-state index >= 15 is 0 Å². The lowest BCUT2D eigenvalue weighted by Crippen LogP contribution is -2.01. The molecular weight excluding hydrogens is 280 g/mol. The minimum absolute atomic E-state index is 0.0604. The minimum Gasteiger partial charge on any atom is -0.494 e. The molecule has 3 nitrogen and oxygen atoms in total. The van der Waals surface area contributed by atoms with E-state index in [0.717, 1.165) is 6.42 Å². The highest BCUT2D eigenvalue weighted by atomic mass is 79.9. The van der Waals surface area contributed by atoms with E-state index in [2.05, 4.69) is 15.9 Å². The topological polar surface area (TPSA) is 43.4 Å². The number of hydrogen-bond acceptors (Lipinski definition) is 3. The van der Waals surface area contributed by atoms with Crippen LogP contribution in [0.5, 0.6) is 5.75 Å². The Kier molecular flexibility index (Phi) is 4.60. The second kappa shape index (κ2) is 5.51. The highest BCUT2D eigenvalue weighted by Crippen LogP contribution is 2.18. The van der Waals surface area contributed by atoms with Gasteiger partial charge in [-0.2, -0.15) is 0 Å². The van der Waals surface area contributed by atoms with Crippen molar-refractivity contribution < 1.29 is 13.2 Å². The summed E-state index contributed by atoms with van der Waals surface area (Å²) in [6.45, 7) is 2.66. The molecule has 0 spiro atoms. The molecule has 0 saturated heterocycles. The van der Waals surface area contributed by atoms with Gasteiger partial charge in [0.25, 0.3) is 0 Å². The van der Waals surface area contributed by atoms with E-state index in [4.69, 9.17) is 4.74 Å². The predicted molar refractivity (Wildman–Crippen MR) is 63.2 cm³/mol. The summed E-state index contributed by atoms with van der Waals surface area (Å²) in [5.74, 6) is 0.699. The smallest absolute Gasteiger partial charge is 0.188 e. The molecular formula is C10H13BrO3S. The van der Waals surface area contributed by atoms with E-state index in [9.17, 15) is 8.42 Å². The Balaban J connectivity index is 2.81. The molecule has 0 fully saturated rings. The molecule has 84 valence electrons. The van der Waals surface area contributed by atoms with Gasteiger partial charge in [0.15, 0.2) is 9.84 Å². The average molecular weight is 293 g/mol. The van der Waals surface area contributed by atoms with E-state index in [1.165, 1.54) is 0 Å². The fourth-order valence-electron chi connectivity index (χ4n) is 1.03. The summed E-state index contributed by atoms with van der Waals surface area (Å²) in [4.78, 5) is 0.309. The molecule has 0 unspecified atom stereocenters. The van der Waals surface area contributed by atoms with Gasteiger partial charge in [-0.1, -0.05) is 22.9 Å². The Morgan fingerprint density at radius 1 is 1.27 bits per heavy atom. The predicted octanol–water partition coefficient (Wildman–Crippen LogP) is 2.60. The van der Waals surface area contributed by atoms with Crippen LogP contribution in [0.4, 0.5) is 0 Å². The maximum atomic E-state index is 11.4. The average Bonchev–Trinajstić information content (AvgIpc) is 2.27. The first-order valence-corrected chi connectivity index (χ1v) is 7.39. The van der Waals surface area contributed by atoms with Crippen LogP contribution in [0.1, 0.15) is 13.3 Å². The zero-order valence-electron chi connectivity index (χ0n) is 8.44. The third kappa shape index (κ3) is 3.50. The molecule has 0 bridgehead atoms. The monoisotopic (exact) mass is 292 g/mol. The summed E-state index contributed by atoms with van der Waals surface area (Å²) < 4.78 is 28.2. The molecule has 0 atom stereocenters. The van der Waals surface area contributed by atoms with Crippen molar-refractivity contribution in [2.24, 2.45) is 0 Å². The molecule has 0 N–H and O–H groups in total. The molecule has 0 radical (unpaired) electrons. The number of alkyl halides is 1. The van der Waals surface area contributed by atoms with Crippen LogP contribution in [-0.4, -0.2) is 19.7 Å². The van der Waals surface area contributed by atoms with Crippen molar-refractivity contribution in [1.29, 1.82) is 0 Å². The summed E-state index contributed by atoms with van der Waals surface area (Å²) in [5.41, 5.74) is 0. The van der Waals surface area contributed by atoms with Gasteiger partial charge in [0.1, 0.15) is 10.4 Å². The molecule has 5 heteroatoms. The maximum absolute atomic E-state index is 11.4. The Bertz CT molecular complexity index is 397. The number of rotatable bonds is 5. The zero-order chi connectivity index (χ0) is 11.3. The summed E-state index contributed by atoms with van der Waals surface area (Å²) in [6.07, 6.45) is 0.932. The van der Waals surface area contributed by atoms with Gasteiger partial charge < -0.3 is 4.74 Å². The first kappa shape index (κ1) is 12.5. The first-order valence-electron chi connectivity index (χ1n) is 4.61. The second-order valence-corrected chi connectivity index (χ2v) is 6.34. The number of halogens is 1. The maximum Gasteiger partial charge on any atom is 0.188 e. The molecule has 1 aromatic rings. The second-order valence-electron chi connectivity index (χ2n) is 3.04. The SMILES string of the molecule is CCCOc1ccc(S(=O)(=O)CBr)cc1. The van der Waals surface area contributed by atoms with Gasteiger partial charge in [-0.15, -0.1) is 0 Å². The van der Waals surface area contributed by atoms with Crippen LogP contribution >= 0.6 is 15.9 Å². The molecule has 1 aromatic carbocycles. The van der Waals surface area contributed by atoms with Gasteiger partial charge in [-0.3, -0.25) is 0 Å². The van der Waals surface area contributed by atoms with Crippen LogP contribution in [0.2, 0.25) is 0 Å². The Labute approximate surface area is 98.5 Å². The summed E-state index contributed by atoms with van der Waals surface area (Å²) in [7, 11) is -3.17. The highest BCUT2D eigenvalue weighted by Gasteiger charge is 2.11. The Morgan fingerprint density at radius 3 is 2.33 bits per heavy atom. The van der Waals surface area contributed by atoms with Gasteiger partial charge >= 0.3 is 0 Å². The third-order valence-corrected chi connectivity index (χ3v) is 4.89. The molecule has 1 rings (SSSR count). The van der Waals surface area contributed by atoms with Crippen molar-refractivity contribution in [3.8, 4) is 5.75 Å². The zero-order valence-corrected chi connectivity index (χ0v) is 10.8. The molecule has 0 saturated carbocycles. The standard InChI is InChI=1S/C10H13BrO3S/c1-2-7-14-9-3-5-10(6-4-9)15(12,13)8-11/h3-6H,2,7-8H2,1H3. The van der Waals surface area contributed by atoms with Crippen molar-refractivity contribution in [2.75, 3.05) is 11.3 Å². The van der Waals surface area contributed by atoms with E-state index < -0.39 is 9.84 Å². The number of sulfone groups is 1. The molecule has 0 aromatic heterocycles. The summed E-state index contributed by atoms with van der Waals surface area (Å²) in [6, 6.07) is 6.46. The summed E-state index contributed by atoms with van der Waals surface area (Å²) >= 11 is 2.95. The largest absolute Gasteiger partial charge is 0.494 e. The molecule has 15 heavy (non-hydrogen) atoms. The van der Waals surface area contributed by atoms with Crippen molar-refractivity contribution in [3.63, 3.8) is 0 Å². The third-order valence-electron chi connectivity index (χ3n) is 1.80. The van der Waals surface area contributed by atoms with Gasteiger partial charge in [0, 0.05) is 0 Å². The minimum atomic E-state index is -3.17. The van der Waals surface area contributed by atoms with Gasteiger partial charge in [0.05, 0.1) is 11.5 Å². The van der Waals surface area contributed by atoms with Crippen LogP contribution in [0.15, 0.2) is 29.2 Å². The molecule has 0 amide bonds. The van der Waals surface area contributed by atoms with Gasteiger partial charge in [-0.25, -0.2) is 8.42 Å². The molecule has 0 aliphatic heterocycles. The fourth-order valence-corrected chi connectivity index (χ4v) is 2.50. The molecule has 0 heterocycles. The van der Waals surface area contributed by atoms with Crippen LogP contribution < -0.4 is 4.74 Å². The normalized spacial score (nSPS) is 11.3. The number of benzene rings is 1. The van der Waals surface area contributed by atoms with Gasteiger partial charge in [-0.05, 0) is 30.7 Å². The Hall–Kier alpha value is -0.550.